The molecule has 1 atom stereocenters. The van der Waals surface area contributed by atoms with Crippen molar-refractivity contribution < 1.29 is 9.90 Å². The second-order valence-corrected chi connectivity index (χ2v) is 3.46. The van der Waals surface area contributed by atoms with Crippen LogP contribution in [0.2, 0.25) is 0 Å². The van der Waals surface area contributed by atoms with Gasteiger partial charge in [0, 0.05) is 12.6 Å². The summed E-state index contributed by atoms with van der Waals surface area (Å²) in [4.78, 5) is 11.4. The van der Waals surface area contributed by atoms with Crippen LogP contribution in [0.4, 0.5) is 0 Å². The number of hydrogen-bond acceptors (Lipinski definition) is 3. The topological polar surface area (TPSA) is 61.2 Å². The number of ketones is 1. The van der Waals surface area contributed by atoms with Gasteiger partial charge in [-0.3, -0.25) is 4.79 Å². The number of aromatic hydroxyl groups is 1. The lowest BCUT2D eigenvalue weighted by molar-refractivity contribution is -0.120. The zero-order chi connectivity index (χ0) is 11.3. The van der Waals surface area contributed by atoms with Crippen LogP contribution in [0.3, 0.4) is 0 Å². The van der Waals surface area contributed by atoms with E-state index >= 15 is 0 Å². The maximum Gasteiger partial charge on any atom is 0.141 e. The van der Waals surface area contributed by atoms with Gasteiger partial charge in [0.2, 0.25) is 0 Å². The van der Waals surface area contributed by atoms with Crippen LogP contribution in [0, 0.1) is 11.3 Å². The van der Waals surface area contributed by atoms with E-state index in [0.717, 1.165) is 5.56 Å². The van der Waals surface area contributed by atoms with Gasteiger partial charge < -0.3 is 10.5 Å². The SMILES string of the molecule is CCC(=O)C(C=N)Cc1ccc(O)cc1. The van der Waals surface area contributed by atoms with Gasteiger partial charge in [-0.2, -0.15) is 0 Å². The Morgan fingerprint density at radius 1 is 1.47 bits per heavy atom. The highest BCUT2D eigenvalue weighted by Gasteiger charge is 2.14. The highest BCUT2D eigenvalue weighted by Crippen LogP contribution is 2.14. The van der Waals surface area contributed by atoms with Crippen molar-refractivity contribution in [3.8, 4) is 5.75 Å². The van der Waals surface area contributed by atoms with Gasteiger partial charge in [0.25, 0.3) is 0 Å². The fraction of sp³-hybridized carbons (Fsp3) is 0.333. The predicted octanol–water partition coefficient (Wildman–Crippen LogP) is 2.18. The molecule has 0 aliphatic carbocycles. The highest BCUT2D eigenvalue weighted by molar-refractivity contribution is 5.94. The summed E-state index contributed by atoms with van der Waals surface area (Å²) >= 11 is 0. The molecule has 3 heteroatoms. The third-order valence-corrected chi connectivity index (χ3v) is 2.36. The Bertz CT molecular complexity index is 343. The lowest BCUT2D eigenvalue weighted by Gasteiger charge is -2.09. The third kappa shape index (κ3) is 3.20. The minimum Gasteiger partial charge on any atom is -0.508 e. The summed E-state index contributed by atoms with van der Waals surface area (Å²) in [6.45, 7) is 1.80. The Kier molecular flexibility index (Phi) is 4.03. The number of phenolic OH excluding ortho intramolecular Hbond substituents is 1. The van der Waals surface area contributed by atoms with Crippen LogP contribution >= 0.6 is 0 Å². The largest absolute Gasteiger partial charge is 0.508 e. The summed E-state index contributed by atoms with van der Waals surface area (Å²) in [7, 11) is 0. The van der Waals surface area contributed by atoms with Gasteiger partial charge in [0.1, 0.15) is 11.5 Å². The van der Waals surface area contributed by atoms with Crippen LogP contribution in [0.1, 0.15) is 18.9 Å². The molecule has 1 rings (SSSR count). The van der Waals surface area contributed by atoms with Crippen molar-refractivity contribution in [2.24, 2.45) is 5.92 Å². The molecule has 0 radical (unpaired) electrons. The first-order valence-electron chi connectivity index (χ1n) is 4.98. The van der Waals surface area contributed by atoms with E-state index in [0.29, 0.717) is 12.8 Å². The number of nitrogens with one attached hydrogen (secondary N) is 1. The van der Waals surface area contributed by atoms with Crippen LogP contribution < -0.4 is 0 Å². The van der Waals surface area contributed by atoms with Crippen molar-refractivity contribution in [3.05, 3.63) is 29.8 Å². The van der Waals surface area contributed by atoms with Crippen LogP contribution in [0.5, 0.6) is 5.75 Å². The molecule has 0 aliphatic heterocycles. The molecule has 0 spiro atoms. The van der Waals surface area contributed by atoms with Gasteiger partial charge in [-0.15, -0.1) is 0 Å². The summed E-state index contributed by atoms with van der Waals surface area (Å²) < 4.78 is 0. The van der Waals surface area contributed by atoms with Crippen molar-refractivity contribution in [2.45, 2.75) is 19.8 Å². The molecule has 80 valence electrons. The van der Waals surface area contributed by atoms with Gasteiger partial charge >= 0.3 is 0 Å². The lowest BCUT2D eigenvalue weighted by atomic mass is 9.95. The van der Waals surface area contributed by atoms with E-state index in [-0.39, 0.29) is 17.5 Å². The maximum atomic E-state index is 11.4. The fourth-order valence-corrected chi connectivity index (χ4v) is 1.41. The van der Waals surface area contributed by atoms with Crippen molar-refractivity contribution >= 4 is 12.0 Å². The third-order valence-electron chi connectivity index (χ3n) is 2.36. The normalized spacial score (nSPS) is 12.1. The molecule has 2 N–H and O–H groups in total. The molecule has 1 unspecified atom stereocenters. The average Bonchev–Trinajstić information content (AvgIpc) is 2.27. The number of rotatable bonds is 5. The van der Waals surface area contributed by atoms with E-state index < -0.39 is 0 Å². The Hall–Kier alpha value is -1.64. The van der Waals surface area contributed by atoms with Crippen molar-refractivity contribution in [2.75, 3.05) is 0 Å². The van der Waals surface area contributed by atoms with Crippen LogP contribution in [-0.4, -0.2) is 17.1 Å². The second-order valence-electron chi connectivity index (χ2n) is 3.46. The monoisotopic (exact) mass is 205 g/mol. The highest BCUT2D eigenvalue weighted by atomic mass is 16.3. The Labute approximate surface area is 89.3 Å². The van der Waals surface area contributed by atoms with E-state index in [1.165, 1.54) is 6.21 Å². The Balaban J connectivity index is 2.71. The van der Waals surface area contributed by atoms with Gasteiger partial charge in [-0.1, -0.05) is 19.1 Å². The summed E-state index contributed by atoms with van der Waals surface area (Å²) in [5.41, 5.74) is 0.961. The van der Waals surface area contributed by atoms with Gasteiger partial charge in [-0.05, 0) is 24.1 Å². The summed E-state index contributed by atoms with van der Waals surface area (Å²) in [6.07, 6.45) is 2.19. The lowest BCUT2D eigenvalue weighted by Crippen LogP contribution is -2.17. The van der Waals surface area contributed by atoms with Crippen LogP contribution in [-0.2, 0) is 11.2 Å². The quantitative estimate of drug-likeness (QED) is 0.724. The van der Waals surface area contributed by atoms with E-state index in [9.17, 15) is 4.79 Å². The first-order valence-corrected chi connectivity index (χ1v) is 4.98. The summed E-state index contributed by atoms with van der Waals surface area (Å²) in [5, 5.41) is 16.3. The molecule has 0 heterocycles. The maximum absolute atomic E-state index is 11.4. The minimum absolute atomic E-state index is 0.0816. The molecule has 0 saturated carbocycles. The smallest absolute Gasteiger partial charge is 0.141 e. The number of Topliss-reactive ketones (excluding diaryl/α,β-unsaturated/α-hetero) is 1. The van der Waals surface area contributed by atoms with E-state index in [1.54, 1.807) is 31.2 Å². The molecule has 0 fully saturated rings. The van der Waals surface area contributed by atoms with Crippen molar-refractivity contribution in [3.63, 3.8) is 0 Å². The molecule has 1 aromatic rings. The fourth-order valence-electron chi connectivity index (χ4n) is 1.41. The van der Waals surface area contributed by atoms with Crippen LogP contribution in [0.15, 0.2) is 24.3 Å². The molecule has 15 heavy (non-hydrogen) atoms. The first kappa shape index (κ1) is 11.4. The molecule has 0 bridgehead atoms. The number of carbonyl (C=O) groups is 1. The number of hydrogen-bond donors (Lipinski definition) is 2. The van der Waals surface area contributed by atoms with Gasteiger partial charge in [0.05, 0.1) is 5.92 Å². The Morgan fingerprint density at radius 2 is 2.07 bits per heavy atom. The minimum atomic E-state index is -0.334. The Morgan fingerprint density at radius 3 is 2.53 bits per heavy atom. The molecular formula is C12H15NO2. The molecule has 0 saturated heterocycles. The van der Waals surface area contributed by atoms with Crippen molar-refractivity contribution in [1.82, 2.24) is 0 Å². The molecule has 3 nitrogen and oxygen atoms in total. The van der Waals surface area contributed by atoms with E-state index in [2.05, 4.69) is 0 Å². The van der Waals surface area contributed by atoms with Crippen molar-refractivity contribution in [1.29, 1.82) is 5.41 Å². The predicted molar refractivity (Wildman–Crippen MR) is 59.4 cm³/mol. The second kappa shape index (κ2) is 5.29. The number of carbonyl (C=O) groups excluding carboxylic acids is 1. The van der Waals surface area contributed by atoms with E-state index in [4.69, 9.17) is 10.5 Å². The molecular weight excluding hydrogens is 190 g/mol. The summed E-state index contributed by atoms with van der Waals surface area (Å²) in [6, 6.07) is 6.73. The molecule has 0 aromatic heterocycles. The molecule has 0 aliphatic rings. The van der Waals surface area contributed by atoms with Gasteiger partial charge in [-0.25, -0.2) is 0 Å². The zero-order valence-corrected chi connectivity index (χ0v) is 8.73. The molecule has 0 amide bonds. The van der Waals surface area contributed by atoms with Gasteiger partial charge in [0.15, 0.2) is 0 Å². The zero-order valence-electron chi connectivity index (χ0n) is 8.73. The number of benzene rings is 1. The summed E-state index contributed by atoms with van der Waals surface area (Å²) in [5.74, 6) is -0.0374. The van der Waals surface area contributed by atoms with Crippen LogP contribution in [0.25, 0.3) is 0 Å². The molecule has 1 aromatic carbocycles. The average molecular weight is 205 g/mol. The first-order chi connectivity index (χ1) is 7.17. The van der Waals surface area contributed by atoms with E-state index in [1.807, 2.05) is 0 Å². The standard InChI is InChI=1S/C12H15NO2/c1-2-12(15)10(8-13)7-9-3-5-11(14)6-4-9/h3-6,8,10,13-14H,2,7H2,1H3. The number of phenols is 1.